The van der Waals surface area contributed by atoms with E-state index in [1.807, 2.05) is 0 Å². The van der Waals surface area contributed by atoms with E-state index in [1.54, 1.807) is 0 Å². The lowest BCUT2D eigenvalue weighted by Gasteiger charge is -2.65. The SMILES string of the molecule is CC1=C(C=O)C(C)(C)[C@H]2C[C@H]3[C@@H](CCC[C@@]3(C)C=O)[C@]1(O[Si](C(C)C)(C(C)C)C(C)C)C2. The van der Waals surface area contributed by atoms with Crippen molar-refractivity contribution in [3.63, 3.8) is 0 Å². The molecular formula is C28H48O3Si. The Hall–Kier alpha value is -0.743. The molecule has 3 nitrogen and oxygen atoms in total. The summed E-state index contributed by atoms with van der Waals surface area (Å²) in [7, 11) is -2.21. The molecule has 2 bridgehead atoms. The third-order valence-electron chi connectivity index (χ3n) is 10.5. The predicted molar refractivity (Wildman–Crippen MR) is 135 cm³/mol. The van der Waals surface area contributed by atoms with Crippen LogP contribution in [0, 0.1) is 28.6 Å². The van der Waals surface area contributed by atoms with Crippen molar-refractivity contribution in [3.05, 3.63) is 11.1 Å². The van der Waals surface area contributed by atoms with Gasteiger partial charge in [-0.25, -0.2) is 0 Å². The Bertz CT molecular complexity index is 758. The summed E-state index contributed by atoms with van der Waals surface area (Å²) in [6.07, 6.45) is 7.56. The van der Waals surface area contributed by atoms with Crippen LogP contribution in [0.3, 0.4) is 0 Å². The summed E-state index contributed by atoms with van der Waals surface area (Å²) in [5.74, 6) is 1.01. The van der Waals surface area contributed by atoms with Crippen LogP contribution in [0.25, 0.3) is 0 Å². The van der Waals surface area contributed by atoms with Crippen molar-refractivity contribution >= 4 is 20.9 Å². The maximum Gasteiger partial charge on any atom is 0.201 e. The Balaban J connectivity index is 2.31. The largest absolute Gasteiger partial charge is 0.407 e. The van der Waals surface area contributed by atoms with Gasteiger partial charge in [-0.3, -0.25) is 4.79 Å². The molecule has 0 amide bonds. The summed E-state index contributed by atoms with van der Waals surface area (Å²) in [6, 6.07) is 0. The van der Waals surface area contributed by atoms with E-state index in [1.165, 1.54) is 11.9 Å². The zero-order valence-electron chi connectivity index (χ0n) is 22.4. The summed E-state index contributed by atoms with van der Waals surface area (Å²) in [5.41, 5.74) is 2.72. The Kier molecular flexibility index (Phi) is 6.86. The minimum atomic E-state index is -2.21. The van der Waals surface area contributed by atoms with Crippen LogP contribution in [0.2, 0.25) is 16.6 Å². The molecule has 3 aliphatic carbocycles. The number of hydrogen-bond acceptors (Lipinski definition) is 3. The van der Waals surface area contributed by atoms with Crippen molar-refractivity contribution in [1.82, 2.24) is 0 Å². The molecule has 4 heteroatoms. The van der Waals surface area contributed by atoms with Gasteiger partial charge in [0.1, 0.15) is 12.6 Å². The van der Waals surface area contributed by atoms with Gasteiger partial charge in [-0.1, -0.05) is 68.7 Å². The second-order valence-corrected chi connectivity index (χ2v) is 18.4. The van der Waals surface area contributed by atoms with Gasteiger partial charge in [-0.05, 0) is 83.5 Å². The number of allylic oxidation sites excluding steroid dienone is 1. The summed E-state index contributed by atoms with van der Waals surface area (Å²) in [6.45, 7) is 23.0. The van der Waals surface area contributed by atoms with Gasteiger partial charge in [0.2, 0.25) is 8.32 Å². The first-order valence-corrected chi connectivity index (χ1v) is 15.2. The molecule has 0 aromatic rings. The van der Waals surface area contributed by atoms with Gasteiger partial charge >= 0.3 is 0 Å². The highest BCUT2D eigenvalue weighted by atomic mass is 28.4. The average Bonchev–Trinajstić information content (AvgIpc) is 2.70. The quantitative estimate of drug-likeness (QED) is 0.292. The Labute approximate surface area is 198 Å². The van der Waals surface area contributed by atoms with Crippen molar-refractivity contribution in [2.24, 2.45) is 28.6 Å². The average molecular weight is 461 g/mol. The van der Waals surface area contributed by atoms with E-state index in [0.29, 0.717) is 34.4 Å². The van der Waals surface area contributed by atoms with Crippen LogP contribution in [0.1, 0.15) is 101 Å². The van der Waals surface area contributed by atoms with Crippen molar-refractivity contribution in [1.29, 1.82) is 0 Å². The predicted octanol–water partition coefficient (Wildman–Crippen LogP) is 7.50. The van der Waals surface area contributed by atoms with Gasteiger partial charge in [0.25, 0.3) is 0 Å². The van der Waals surface area contributed by atoms with Crippen LogP contribution < -0.4 is 0 Å². The molecule has 2 fully saturated rings. The Morgan fingerprint density at radius 1 is 0.969 bits per heavy atom. The molecule has 2 saturated carbocycles. The van der Waals surface area contributed by atoms with E-state index < -0.39 is 13.9 Å². The monoisotopic (exact) mass is 460 g/mol. The van der Waals surface area contributed by atoms with E-state index in [-0.39, 0.29) is 10.8 Å². The molecule has 0 N–H and O–H groups in total. The van der Waals surface area contributed by atoms with Crippen LogP contribution in [0.4, 0.5) is 0 Å². The van der Waals surface area contributed by atoms with E-state index in [0.717, 1.165) is 44.0 Å². The lowest BCUT2D eigenvalue weighted by atomic mass is 9.45. The smallest absolute Gasteiger partial charge is 0.201 e. The number of carbonyl (C=O) groups excluding carboxylic acids is 2. The molecule has 0 aromatic heterocycles. The normalized spacial score (nSPS) is 37.1. The fourth-order valence-electron chi connectivity index (χ4n) is 8.61. The molecule has 0 heterocycles. The molecule has 0 spiro atoms. The van der Waals surface area contributed by atoms with Crippen molar-refractivity contribution in [2.75, 3.05) is 0 Å². The van der Waals surface area contributed by atoms with Crippen LogP contribution in [-0.2, 0) is 14.0 Å². The van der Waals surface area contributed by atoms with Gasteiger partial charge in [0.05, 0.1) is 5.60 Å². The molecule has 182 valence electrons. The highest BCUT2D eigenvalue weighted by Gasteiger charge is 2.64. The van der Waals surface area contributed by atoms with Crippen molar-refractivity contribution in [3.8, 4) is 0 Å². The molecule has 3 aliphatic rings. The summed E-state index contributed by atoms with van der Waals surface area (Å²) >= 11 is 0. The molecule has 0 unspecified atom stereocenters. The number of rotatable bonds is 7. The highest BCUT2D eigenvalue weighted by Crippen LogP contribution is 2.66. The topological polar surface area (TPSA) is 43.4 Å². The van der Waals surface area contributed by atoms with E-state index in [9.17, 15) is 9.59 Å². The maximum absolute atomic E-state index is 12.5. The van der Waals surface area contributed by atoms with Crippen LogP contribution in [-0.4, -0.2) is 26.5 Å². The highest BCUT2D eigenvalue weighted by molar-refractivity contribution is 6.77. The van der Waals surface area contributed by atoms with Gasteiger partial charge in [0, 0.05) is 5.41 Å². The van der Waals surface area contributed by atoms with Gasteiger partial charge in [-0.15, -0.1) is 0 Å². The zero-order valence-corrected chi connectivity index (χ0v) is 23.4. The molecule has 5 atom stereocenters. The molecule has 0 aliphatic heterocycles. The lowest BCUT2D eigenvalue weighted by molar-refractivity contribution is -0.149. The number of fused-ring (bicyclic) bond motifs is 4. The first-order chi connectivity index (χ1) is 14.7. The standard InChI is InChI=1S/C28H48O3Si/c1-18(2)32(19(3)4,20(5)6)31-28-15-22(26(8,9)25(16-29)21(28)7)14-24-23(28)12-11-13-27(24,10)17-30/h16-20,22-24H,11-15H2,1-10H3/t22-,23+,24-,27-,28-/m0/s1. The van der Waals surface area contributed by atoms with E-state index in [2.05, 4.69) is 69.2 Å². The first kappa shape index (κ1) is 25.9. The number of aldehydes is 2. The molecule has 0 saturated heterocycles. The van der Waals surface area contributed by atoms with Crippen LogP contribution in [0.15, 0.2) is 11.1 Å². The fourth-order valence-corrected chi connectivity index (χ4v) is 14.3. The summed E-state index contributed by atoms with van der Waals surface area (Å²) < 4.78 is 7.77. The summed E-state index contributed by atoms with van der Waals surface area (Å²) in [4.78, 5) is 24.9. The first-order valence-electron chi connectivity index (χ1n) is 13.1. The summed E-state index contributed by atoms with van der Waals surface area (Å²) in [5, 5.41) is 0. The van der Waals surface area contributed by atoms with E-state index >= 15 is 0 Å². The minimum Gasteiger partial charge on any atom is -0.407 e. The van der Waals surface area contributed by atoms with Gasteiger partial charge in [0.15, 0.2) is 0 Å². The second-order valence-electron chi connectivity index (χ2n) is 13.1. The zero-order chi connectivity index (χ0) is 24.3. The molecular weight excluding hydrogens is 412 g/mol. The second kappa shape index (κ2) is 8.48. The van der Waals surface area contributed by atoms with Crippen molar-refractivity contribution < 1.29 is 14.0 Å². The maximum atomic E-state index is 12.5. The van der Waals surface area contributed by atoms with Gasteiger partial charge in [-0.2, -0.15) is 0 Å². The fraction of sp³-hybridized carbons (Fsp3) is 0.857. The van der Waals surface area contributed by atoms with Crippen LogP contribution in [0.5, 0.6) is 0 Å². The Morgan fingerprint density at radius 2 is 1.53 bits per heavy atom. The Morgan fingerprint density at radius 3 is 2.00 bits per heavy atom. The number of carbonyl (C=O) groups is 2. The third kappa shape index (κ3) is 3.45. The number of hydrogen-bond donors (Lipinski definition) is 0. The molecule has 3 rings (SSSR count). The third-order valence-corrected chi connectivity index (χ3v) is 16.6. The van der Waals surface area contributed by atoms with Crippen LogP contribution >= 0.6 is 0 Å². The van der Waals surface area contributed by atoms with Gasteiger partial charge < -0.3 is 9.22 Å². The molecule has 0 radical (unpaired) electrons. The molecule has 32 heavy (non-hydrogen) atoms. The minimum absolute atomic E-state index is 0.178. The lowest BCUT2D eigenvalue weighted by Crippen LogP contribution is -2.66. The van der Waals surface area contributed by atoms with E-state index in [4.69, 9.17) is 4.43 Å². The van der Waals surface area contributed by atoms with Crippen molar-refractivity contribution in [2.45, 2.75) is 124 Å². The molecule has 0 aromatic carbocycles.